The predicted molar refractivity (Wildman–Crippen MR) is 63.7 cm³/mol. The minimum absolute atomic E-state index is 0.0200. The summed E-state index contributed by atoms with van der Waals surface area (Å²) in [6.07, 6.45) is 5.06. The van der Waals surface area contributed by atoms with Crippen LogP contribution in [0.5, 0.6) is 0 Å². The topological polar surface area (TPSA) is 52.0 Å². The number of hydrogen-bond donors (Lipinski definition) is 2. The van der Waals surface area contributed by atoms with E-state index in [1.165, 1.54) is 42.4 Å². The lowest BCUT2D eigenvalue weighted by Crippen LogP contribution is -2.31. The molecule has 0 aliphatic heterocycles. The van der Waals surface area contributed by atoms with Gasteiger partial charge in [0.2, 0.25) is 0 Å². The van der Waals surface area contributed by atoms with Crippen LogP contribution in [0.3, 0.4) is 0 Å². The van der Waals surface area contributed by atoms with Gasteiger partial charge in [0.05, 0.1) is 0 Å². The van der Waals surface area contributed by atoms with E-state index in [0.29, 0.717) is 0 Å². The molecule has 1 aromatic carbocycles. The summed E-state index contributed by atoms with van der Waals surface area (Å²) in [5, 5.41) is 0. The molecule has 0 saturated carbocycles. The van der Waals surface area contributed by atoms with E-state index in [1.807, 2.05) is 6.92 Å². The maximum atomic E-state index is 6.05. The molecule has 2 rings (SSSR count). The summed E-state index contributed by atoms with van der Waals surface area (Å²) >= 11 is 0. The molecule has 2 atom stereocenters. The molecule has 0 amide bonds. The quantitative estimate of drug-likeness (QED) is 0.773. The maximum absolute atomic E-state index is 6.05. The first-order valence-corrected chi connectivity index (χ1v) is 5.81. The van der Waals surface area contributed by atoms with Gasteiger partial charge in [-0.2, -0.15) is 0 Å². The second kappa shape index (κ2) is 4.33. The summed E-state index contributed by atoms with van der Waals surface area (Å²) in [6, 6.07) is 6.61. The minimum atomic E-state index is -0.0303. The zero-order valence-corrected chi connectivity index (χ0v) is 9.37. The molecule has 0 saturated heterocycles. The van der Waals surface area contributed by atoms with E-state index in [9.17, 15) is 0 Å². The summed E-state index contributed by atoms with van der Waals surface area (Å²) in [4.78, 5) is 0. The highest BCUT2D eigenvalue weighted by Gasteiger charge is 2.14. The highest BCUT2D eigenvalue weighted by atomic mass is 14.8. The highest BCUT2D eigenvalue weighted by molar-refractivity contribution is 5.35. The molecule has 0 bridgehead atoms. The molecule has 0 fully saturated rings. The Hall–Kier alpha value is -0.860. The second-order valence-corrected chi connectivity index (χ2v) is 4.62. The molecule has 1 aliphatic carbocycles. The molecule has 1 aromatic rings. The molecule has 0 heterocycles. The van der Waals surface area contributed by atoms with Gasteiger partial charge in [-0.05, 0) is 49.3 Å². The Bertz CT molecular complexity index is 344. The Labute approximate surface area is 91.7 Å². The predicted octanol–water partition coefficient (Wildman–Crippen LogP) is 1.91. The zero-order chi connectivity index (χ0) is 10.8. The molecule has 4 N–H and O–H groups in total. The summed E-state index contributed by atoms with van der Waals surface area (Å²) in [5.74, 6) is 0. The third kappa shape index (κ3) is 2.21. The number of hydrogen-bond acceptors (Lipinski definition) is 2. The van der Waals surface area contributed by atoms with Gasteiger partial charge in [-0.25, -0.2) is 0 Å². The first-order valence-electron chi connectivity index (χ1n) is 5.81. The van der Waals surface area contributed by atoms with Gasteiger partial charge in [-0.1, -0.05) is 18.2 Å². The Kier molecular flexibility index (Phi) is 3.08. The smallest absolute Gasteiger partial charge is 0.0446 e. The molecule has 0 aromatic heterocycles. The average Bonchev–Trinajstić information content (AvgIpc) is 2.27. The van der Waals surface area contributed by atoms with Crippen molar-refractivity contribution < 1.29 is 0 Å². The van der Waals surface area contributed by atoms with Crippen molar-refractivity contribution in [3.05, 3.63) is 34.9 Å². The van der Waals surface area contributed by atoms with Crippen LogP contribution in [0.1, 0.15) is 42.5 Å². The number of fused-ring (bicyclic) bond motifs is 1. The van der Waals surface area contributed by atoms with Crippen LogP contribution < -0.4 is 11.5 Å². The fourth-order valence-electron chi connectivity index (χ4n) is 2.26. The van der Waals surface area contributed by atoms with E-state index in [1.54, 1.807) is 0 Å². The van der Waals surface area contributed by atoms with Crippen molar-refractivity contribution in [3.8, 4) is 0 Å². The van der Waals surface area contributed by atoms with Gasteiger partial charge in [-0.3, -0.25) is 0 Å². The molecule has 2 nitrogen and oxygen atoms in total. The Morgan fingerprint density at radius 1 is 1.07 bits per heavy atom. The third-order valence-corrected chi connectivity index (χ3v) is 3.32. The normalized spacial score (nSPS) is 19.4. The minimum Gasteiger partial charge on any atom is -0.326 e. The van der Waals surface area contributed by atoms with Gasteiger partial charge < -0.3 is 11.5 Å². The van der Waals surface area contributed by atoms with Crippen molar-refractivity contribution >= 4 is 0 Å². The van der Waals surface area contributed by atoms with Gasteiger partial charge in [0.25, 0.3) is 0 Å². The van der Waals surface area contributed by atoms with Crippen molar-refractivity contribution in [1.29, 1.82) is 0 Å². The highest BCUT2D eigenvalue weighted by Crippen LogP contribution is 2.24. The summed E-state index contributed by atoms with van der Waals surface area (Å²) < 4.78 is 0. The van der Waals surface area contributed by atoms with Gasteiger partial charge in [-0.15, -0.1) is 0 Å². The average molecular weight is 204 g/mol. The van der Waals surface area contributed by atoms with Gasteiger partial charge in [0.15, 0.2) is 0 Å². The van der Waals surface area contributed by atoms with Crippen LogP contribution in [-0.2, 0) is 12.8 Å². The standard InChI is InChI=1S/C13H20N2/c1-9(14)13(15)12-7-6-10-4-2-3-5-11(10)8-12/h6-9,13H,2-5,14-15H2,1H3. The fourth-order valence-corrected chi connectivity index (χ4v) is 2.26. The molecular weight excluding hydrogens is 184 g/mol. The molecule has 82 valence electrons. The summed E-state index contributed by atoms with van der Waals surface area (Å²) in [5.41, 5.74) is 16.0. The van der Waals surface area contributed by atoms with E-state index >= 15 is 0 Å². The molecule has 2 unspecified atom stereocenters. The summed E-state index contributed by atoms with van der Waals surface area (Å²) in [7, 11) is 0. The van der Waals surface area contributed by atoms with E-state index in [2.05, 4.69) is 18.2 Å². The number of benzene rings is 1. The van der Waals surface area contributed by atoms with Crippen LogP contribution in [0, 0.1) is 0 Å². The van der Waals surface area contributed by atoms with Gasteiger partial charge in [0, 0.05) is 12.1 Å². The first kappa shape index (κ1) is 10.7. The molecule has 15 heavy (non-hydrogen) atoms. The Morgan fingerprint density at radius 3 is 2.40 bits per heavy atom. The van der Waals surface area contributed by atoms with Crippen molar-refractivity contribution in [3.63, 3.8) is 0 Å². The van der Waals surface area contributed by atoms with Crippen LogP contribution >= 0.6 is 0 Å². The Balaban J connectivity index is 2.27. The van der Waals surface area contributed by atoms with E-state index in [4.69, 9.17) is 11.5 Å². The fraction of sp³-hybridized carbons (Fsp3) is 0.538. The van der Waals surface area contributed by atoms with Crippen molar-refractivity contribution in [2.24, 2.45) is 11.5 Å². The van der Waals surface area contributed by atoms with E-state index < -0.39 is 0 Å². The second-order valence-electron chi connectivity index (χ2n) is 4.62. The first-order chi connectivity index (χ1) is 7.18. The molecule has 1 aliphatic rings. The molecular formula is C13H20N2. The lowest BCUT2D eigenvalue weighted by molar-refractivity contribution is 0.586. The number of rotatable bonds is 2. The monoisotopic (exact) mass is 204 g/mol. The lowest BCUT2D eigenvalue weighted by atomic mass is 9.88. The van der Waals surface area contributed by atoms with Crippen LogP contribution in [0.15, 0.2) is 18.2 Å². The zero-order valence-electron chi connectivity index (χ0n) is 9.37. The van der Waals surface area contributed by atoms with E-state index in [0.717, 1.165) is 0 Å². The Morgan fingerprint density at radius 2 is 1.73 bits per heavy atom. The van der Waals surface area contributed by atoms with Gasteiger partial charge >= 0.3 is 0 Å². The van der Waals surface area contributed by atoms with Crippen molar-refractivity contribution in [1.82, 2.24) is 0 Å². The van der Waals surface area contributed by atoms with Crippen LogP contribution in [0.2, 0.25) is 0 Å². The van der Waals surface area contributed by atoms with Crippen LogP contribution in [0.25, 0.3) is 0 Å². The maximum Gasteiger partial charge on any atom is 0.0446 e. The van der Waals surface area contributed by atoms with Crippen LogP contribution in [0.4, 0.5) is 0 Å². The number of nitrogens with two attached hydrogens (primary N) is 2. The van der Waals surface area contributed by atoms with Crippen molar-refractivity contribution in [2.75, 3.05) is 0 Å². The molecule has 2 heteroatoms. The SMILES string of the molecule is CC(N)C(N)c1ccc2c(c1)CCCC2. The molecule has 0 spiro atoms. The van der Waals surface area contributed by atoms with Gasteiger partial charge in [0.1, 0.15) is 0 Å². The third-order valence-electron chi connectivity index (χ3n) is 3.32. The molecule has 0 radical (unpaired) electrons. The van der Waals surface area contributed by atoms with E-state index in [-0.39, 0.29) is 12.1 Å². The summed E-state index contributed by atoms with van der Waals surface area (Å²) in [6.45, 7) is 1.96. The largest absolute Gasteiger partial charge is 0.326 e. The lowest BCUT2D eigenvalue weighted by Gasteiger charge is -2.21. The van der Waals surface area contributed by atoms with Crippen molar-refractivity contribution in [2.45, 2.75) is 44.7 Å². The van der Waals surface area contributed by atoms with Crippen LogP contribution in [-0.4, -0.2) is 6.04 Å². The number of aryl methyl sites for hydroxylation is 2.